The molecule has 6 rings (SSSR count). The normalized spacial score (nSPS) is 12.3. The first kappa shape index (κ1) is 27.8. The van der Waals surface area contributed by atoms with Crippen molar-refractivity contribution in [2.45, 2.75) is 9.79 Å². The van der Waals surface area contributed by atoms with Gasteiger partial charge in [-0.25, -0.2) is 12.7 Å². The Morgan fingerprint density at radius 3 is 1.33 bits per heavy atom. The average Bonchev–Trinajstić information content (AvgIpc) is 2.99. The zero-order valence-electron chi connectivity index (χ0n) is 22.9. The van der Waals surface area contributed by atoms with Gasteiger partial charge in [-0.1, -0.05) is 109 Å². The first-order valence-electron chi connectivity index (χ1n) is 13.2. The Balaban J connectivity index is 1.96. The largest absolute Gasteiger partial charge is 0.295 e. The van der Waals surface area contributed by atoms with E-state index in [2.05, 4.69) is 0 Å². The van der Waals surface area contributed by atoms with Crippen molar-refractivity contribution in [3.8, 4) is 33.4 Å². The maximum atomic E-state index is 14.3. The fraction of sp³-hybridized carbons (Fsp3) is 0.0588. The first-order valence-corrected chi connectivity index (χ1v) is 16.1. The lowest BCUT2D eigenvalue weighted by atomic mass is 9.88. The Labute approximate surface area is 245 Å². The molecular formula is C34H27NO5S2. The molecule has 0 saturated heterocycles. The second-order valence-electron chi connectivity index (χ2n) is 10.2. The molecule has 0 spiro atoms. The zero-order valence-corrected chi connectivity index (χ0v) is 24.5. The van der Waals surface area contributed by atoms with Gasteiger partial charge in [-0.3, -0.25) is 4.55 Å². The predicted octanol–water partition coefficient (Wildman–Crippen LogP) is 7.49. The number of benzene rings is 6. The third-order valence-electron chi connectivity index (χ3n) is 7.42. The van der Waals surface area contributed by atoms with E-state index < -0.39 is 20.1 Å². The highest BCUT2D eigenvalue weighted by molar-refractivity contribution is 7.89. The Bertz CT molecular complexity index is 2190. The zero-order chi connectivity index (χ0) is 29.6. The minimum atomic E-state index is -4.89. The lowest BCUT2D eigenvalue weighted by molar-refractivity contribution is 0.484. The lowest BCUT2D eigenvalue weighted by Gasteiger charge is -2.24. The van der Waals surface area contributed by atoms with Crippen LogP contribution in [0.25, 0.3) is 54.9 Å². The van der Waals surface area contributed by atoms with E-state index in [0.29, 0.717) is 32.8 Å². The van der Waals surface area contributed by atoms with Gasteiger partial charge in [0.25, 0.3) is 10.1 Å². The molecule has 0 aliphatic heterocycles. The lowest BCUT2D eigenvalue weighted by Crippen LogP contribution is -2.24. The van der Waals surface area contributed by atoms with E-state index in [1.807, 2.05) is 66.7 Å². The molecule has 0 aliphatic rings. The number of rotatable bonds is 6. The standard InChI is InChI=1S/C34H27NO5S2/c1-35(2)41(36,37)33-29(23-13-5-3-6-14-23)21-25-17-9-11-19-27(25)31(33)32-28-20-12-10-18-26(28)22-30(34(32)42(38,39)40)24-15-7-4-8-16-24/h3-22H,1-2H3,(H,38,39,40). The van der Waals surface area contributed by atoms with Crippen LogP contribution >= 0.6 is 0 Å². The summed E-state index contributed by atoms with van der Waals surface area (Å²) in [6.45, 7) is 0. The van der Waals surface area contributed by atoms with Crippen molar-refractivity contribution in [1.82, 2.24) is 4.31 Å². The summed E-state index contributed by atoms with van der Waals surface area (Å²) in [7, 11) is -6.17. The highest BCUT2D eigenvalue weighted by atomic mass is 32.2. The van der Waals surface area contributed by atoms with Crippen LogP contribution in [0.1, 0.15) is 0 Å². The summed E-state index contributed by atoms with van der Waals surface area (Å²) in [5.41, 5.74) is 2.26. The minimum absolute atomic E-state index is 0.0438. The van der Waals surface area contributed by atoms with Crippen LogP contribution in [0.4, 0.5) is 0 Å². The van der Waals surface area contributed by atoms with Crippen molar-refractivity contribution < 1.29 is 21.4 Å². The number of hydrogen-bond donors (Lipinski definition) is 1. The van der Waals surface area contributed by atoms with E-state index in [4.69, 9.17) is 0 Å². The monoisotopic (exact) mass is 593 g/mol. The molecule has 0 radical (unpaired) electrons. The summed E-state index contributed by atoms with van der Waals surface area (Å²) in [5.74, 6) is 0. The van der Waals surface area contributed by atoms with E-state index in [9.17, 15) is 21.4 Å². The molecule has 6 aromatic carbocycles. The molecule has 1 N–H and O–H groups in total. The first-order chi connectivity index (χ1) is 20.1. The van der Waals surface area contributed by atoms with Gasteiger partial charge in [-0.05, 0) is 44.8 Å². The molecule has 6 aromatic rings. The Morgan fingerprint density at radius 1 is 0.524 bits per heavy atom. The fourth-order valence-electron chi connectivity index (χ4n) is 5.54. The van der Waals surface area contributed by atoms with Gasteiger partial charge < -0.3 is 0 Å². The molecule has 0 aliphatic carbocycles. The van der Waals surface area contributed by atoms with Gasteiger partial charge in [0, 0.05) is 36.3 Å². The molecule has 0 atom stereocenters. The molecule has 0 unspecified atom stereocenters. The molecule has 8 heteroatoms. The van der Waals surface area contributed by atoms with Crippen LogP contribution in [0.2, 0.25) is 0 Å². The van der Waals surface area contributed by atoms with E-state index >= 15 is 0 Å². The van der Waals surface area contributed by atoms with Crippen LogP contribution in [-0.4, -0.2) is 39.8 Å². The van der Waals surface area contributed by atoms with Crippen molar-refractivity contribution in [3.05, 3.63) is 121 Å². The van der Waals surface area contributed by atoms with Crippen molar-refractivity contribution >= 4 is 41.7 Å². The van der Waals surface area contributed by atoms with Gasteiger partial charge in [0.05, 0.1) is 4.90 Å². The molecule has 0 fully saturated rings. The van der Waals surface area contributed by atoms with Crippen LogP contribution in [0, 0.1) is 0 Å². The molecular weight excluding hydrogens is 567 g/mol. The van der Waals surface area contributed by atoms with Gasteiger partial charge in [0.15, 0.2) is 0 Å². The van der Waals surface area contributed by atoms with Gasteiger partial charge in [-0.2, -0.15) is 8.42 Å². The molecule has 0 aromatic heterocycles. The maximum Gasteiger partial charge on any atom is 0.295 e. The Kier molecular flexibility index (Phi) is 6.95. The van der Waals surface area contributed by atoms with Crippen molar-refractivity contribution in [2.24, 2.45) is 0 Å². The quantitative estimate of drug-likeness (QED) is 0.202. The van der Waals surface area contributed by atoms with Crippen LogP contribution in [-0.2, 0) is 20.1 Å². The van der Waals surface area contributed by atoms with Gasteiger partial charge >= 0.3 is 0 Å². The van der Waals surface area contributed by atoms with Crippen LogP contribution in [0.5, 0.6) is 0 Å². The summed E-state index contributed by atoms with van der Waals surface area (Å²) in [6, 6.07) is 36.1. The third-order valence-corrected chi connectivity index (χ3v) is 10.3. The van der Waals surface area contributed by atoms with Crippen molar-refractivity contribution in [1.29, 1.82) is 0 Å². The van der Waals surface area contributed by atoms with E-state index in [1.54, 1.807) is 54.6 Å². The van der Waals surface area contributed by atoms with Gasteiger partial charge in [0.2, 0.25) is 10.0 Å². The van der Waals surface area contributed by atoms with E-state index in [1.165, 1.54) is 14.1 Å². The highest BCUT2D eigenvalue weighted by Gasteiger charge is 2.33. The average molecular weight is 594 g/mol. The Hall–Kier alpha value is -4.34. The maximum absolute atomic E-state index is 14.3. The summed E-state index contributed by atoms with van der Waals surface area (Å²) < 4.78 is 67.6. The SMILES string of the molecule is CN(C)S(=O)(=O)c1c(-c2ccccc2)cc2ccccc2c1-c1c(S(=O)(=O)O)c(-c2ccccc2)cc2ccccc12. The second-order valence-corrected chi connectivity index (χ2v) is 13.6. The van der Waals surface area contributed by atoms with Gasteiger partial charge in [-0.15, -0.1) is 0 Å². The molecule has 0 bridgehead atoms. The predicted molar refractivity (Wildman–Crippen MR) is 168 cm³/mol. The van der Waals surface area contributed by atoms with E-state index in [-0.39, 0.29) is 26.5 Å². The number of sulfonamides is 1. The molecule has 6 nitrogen and oxygen atoms in total. The van der Waals surface area contributed by atoms with Crippen molar-refractivity contribution in [3.63, 3.8) is 0 Å². The van der Waals surface area contributed by atoms with Gasteiger partial charge in [0.1, 0.15) is 4.90 Å². The van der Waals surface area contributed by atoms with E-state index in [0.717, 1.165) is 9.69 Å². The van der Waals surface area contributed by atoms with Crippen LogP contribution < -0.4 is 0 Å². The number of hydrogen-bond acceptors (Lipinski definition) is 4. The number of nitrogens with zero attached hydrogens (tertiary/aromatic N) is 1. The van der Waals surface area contributed by atoms with Crippen LogP contribution in [0.15, 0.2) is 131 Å². The van der Waals surface area contributed by atoms with Crippen LogP contribution in [0.3, 0.4) is 0 Å². The third kappa shape index (κ3) is 4.68. The molecule has 0 amide bonds. The molecule has 42 heavy (non-hydrogen) atoms. The smallest absolute Gasteiger partial charge is 0.282 e. The van der Waals surface area contributed by atoms with Crippen molar-refractivity contribution in [2.75, 3.05) is 14.1 Å². The summed E-state index contributed by atoms with van der Waals surface area (Å²) >= 11 is 0. The fourth-order valence-corrected chi connectivity index (χ4v) is 7.75. The summed E-state index contributed by atoms with van der Waals surface area (Å²) in [5, 5.41) is 2.45. The minimum Gasteiger partial charge on any atom is -0.282 e. The molecule has 0 saturated carbocycles. The summed E-state index contributed by atoms with van der Waals surface area (Å²) in [4.78, 5) is -0.393. The Morgan fingerprint density at radius 2 is 0.905 bits per heavy atom. The topological polar surface area (TPSA) is 91.8 Å². The summed E-state index contributed by atoms with van der Waals surface area (Å²) in [6.07, 6.45) is 0. The number of fused-ring (bicyclic) bond motifs is 2. The highest BCUT2D eigenvalue weighted by Crippen LogP contribution is 2.49. The molecule has 210 valence electrons. The second kappa shape index (κ2) is 10.5. The molecule has 0 heterocycles.